The molecule has 3 atom stereocenters. The van der Waals surface area contributed by atoms with E-state index < -0.39 is 0 Å². The smallest absolute Gasteiger partial charge is 0.128 e. The van der Waals surface area contributed by atoms with Crippen LogP contribution in [0.4, 0.5) is 14.5 Å². The quantitative estimate of drug-likeness (QED) is 0.766. The number of halogens is 2. The maximum absolute atomic E-state index is 14.8. The second-order valence-corrected chi connectivity index (χ2v) is 7.89. The predicted molar refractivity (Wildman–Crippen MR) is 103 cm³/mol. The fourth-order valence-electron chi connectivity index (χ4n) is 5.15. The van der Waals surface area contributed by atoms with Gasteiger partial charge < -0.3 is 9.80 Å². The summed E-state index contributed by atoms with van der Waals surface area (Å²) in [5.74, 6) is 0.0683. The molecule has 3 aliphatic rings. The molecule has 5 heteroatoms. The summed E-state index contributed by atoms with van der Waals surface area (Å²) >= 11 is 0. The average Bonchev–Trinajstić information content (AvgIpc) is 3.21. The highest BCUT2D eigenvalue weighted by atomic mass is 19.1. The van der Waals surface area contributed by atoms with E-state index in [2.05, 4.69) is 27.8 Å². The van der Waals surface area contributed by atoms with Gasteiger partial charge in [0.1, 0.15) is 11.6 Å². The number of rotatable bonds is 2. The van der Waals surface area contributed by atoms with Crippen LogP contribution in [0.3, 0.4) is 0 Å². The van der Waals surface area contributed by atoms with Crippen LogP contribution in [-0.4, -0.2) is 30.4 Å². The number of aliphatic imine (C=N–C) groups is 1. The first-order valence-corrected chi connectivity index (χ1v) is 9.73. The van der Waals surface area contributed by atoms with E-state index in [1.807, 2.05) is 18.5 Å². The van der Waals surface area contributed by atoms with E-state index in [0.717, 1.165) is 42.7 Å². The van der Waals surface area contributed by atoms with E-state index in [1.165, 1.54) is 6.07 Å². The highest BCUT2D eigenvalue weighted by molar-refractivity contribution is 5.64. The van der Waals surface area contributed by atoms with Gasteiger partial charge in [0, 0.05) is 24.3 Å². The number of anilines is 1. The Labute approximate surface area is 158 Å². The topological polar surface area (TPSA) is 18.8 Å². The molecule has 3 heterocycles. The van der Waals surface area contributed by atoms with Gasteiger partial charge >= 0.3 is 0 Å². The van der Waals surface area contributed by atoms with Gasteiger partial charge in [0.2, 0.25) is 0 Å². The van der Waals surface area contributed by atoms with Crippen LogP contribution in [0, 0.1) is 17.6 Å². The first kappa shape index (κ1) is 16.7. The van der Waals surface area contributed by atoms with E-state index in [0.29, 0.717) is 5.92 Å². The number of hydrogen-bond donors (Lipinski definition) is 0. The number of fused-ring (bicyclic) bond motifs is 3. The Morgan fingerprint density at radius 2 is 1.78 bits per heavy atom. The molecule has 1 saturated heterocycles. The van der Waals surface area contributed by atoms with Crippen molar-refractivity contribution in [3.8, 4) is 0 Å². The van der Waals surface area contributed by atoms with Gasteiger partial charge in [0.25, 0.3) is 0 Å². The molecule has 2 aromatic carbocycles. The molecule has 0 spiro atoms. The fraction of sp³-hybridized carbons (Fsp3) is 0.409. The minimum Gasteiger partial charge on any atom is -0.371 e. The van der Waals surface area contributed by atoms with Crippen molar-refractivity contribution >= 4 is 12.0 Å². The minimum atomic E-state index is -0.202. The second kappa shape index (κ2) is 6.32. The lowest BCUT2D eigenvalue weighted by Crippen LogP contribution is -2.39. The summed E-state index contributed by atoms with van der Waals surface area (Å²) in [6.07, 6.45) is 3.85. The van der Waals surface area contributed by atoms with Gasteiger partial charge in [-0.05, 0) is 55.5 Å². The third kappa shape index (κ3) is 2.63. The van der Waals surface area contributed by atoms with Crippen LogP contribution < -0.4 is 4.90 Å². The molecule has 0 N–H and O–H groups in total. The first-order valence-electron chi connectivity index (χ1n) is 9.73. The monoisotopic (exact) mass is 367 g/mol. The van der Waals surface area contributed by atoms with Crippen molar-refractivity contribution in [1.82, 2.24) is 4.90 Å². The van der Waals surface area contributed by atoms with Crippen molar-refractivity contribution in [2.75, 3.05) is 18.0 Å². The minimum absolute atomic E-state index is 0.0505. The highest BCUT2D eigenvalue weighted by Crippen LogP contribution is 2.51. The number of nitrogens with zero attached hydrogens (tertiary/aromatic N) is 3. The maximum Gasteiger partial charge on any atom is 0.128 e. The first-order chi connectivity index (χ1) is 13.1. The second-order valence-electron chi connectivity index (χ2n) is 7.89. The summed E-state index contributed by atoms with van der Waals surface area (Å²) in [4.78, 5) is 9.10. The van der Waals surface area contributed by atoms with Crippen LogP contribution >= 0.6 is 0 Å². The number of piperidine rings is 1. The van der Waals surface area contributed by atoms with Crippen molar-refractivity contribution in [3.63, 3.8) is 0 Å². The molecule has 3 aliphatic heterocycles. The molecule has 0 amide bonds. The van der Waals surface area contributed by atoms with Crippen molar-refractivity contribution in [2.24, 2.45) is 10.9 Å². The van der Waals surface area contributed by atoms with Gasteiger partial charge in [-0.3, -0.25) is 4.99 Å². The zero-order chi connectivity index (χ0) is 18.5. The average molecular weight is 367 g/mol. The van der Waals surface area contributed by atoms with Crippen molar-refractivity contribution in [3.05, 3.63) is 65.2 Å². The molecule has 3 nitrogen and oxygen atoms in total. The van der Waals surface area contributed by atoms with E-state index in [-0.39, 0.29) is 29.8 Å². The SMILES string of the molecule is CC1N=CN2C(C3CCN(c4cccc(F)c4)CC3)c3c(F)cccc3C12. The lowest BCUT2D eigenvalue weighted by Gasteiger charge is -2.39. The molecular formula is C22H23F2N3. The lowest BCUT2D eigenvalue weighted by molar-refractivity contribution is 0.189. The predicted octanol–water partition coefficient (Wildman–Crippen LogP) is 4.71. The van der Waals surface area contributed by atoms with Gasteiger partial charge in [-0.1, -0.05) is 18.2 Å². The molecule has 0 radical (unpaired) electrons. The zero-order valence-electron chi connectivity index (χ0n) is 15.4. The van der Waals surface area contributed by atoms with Crippen LogP contribution in [0.25, 0.3) is 0 Å². The lowest BCUT2D eigenvalue weighted by atomic mass is 9.84. The standard InChI is InChI=1S/C22H23F2N3/c1-14-21-18-6-3-7-19(24)20(18)22(27(21)13-25-14)15-8-10-26(11-9-15)17-5-2-4-16(23)12-17/h2-7,12-15,21-22H,8-11H2,1H3. The van der Waals surface area contributed by atoms with Gasteiger partial charge in [0.05, 0.1) is 24.5 Å². The van der Waals surface area contributed by atoms with Crippen LogP contribution in [0.1, 0.15) is 43.0 Å². The van der Waals surface area contributed by atoms with Gasteiger partial charge in [-0.15, -0.1) is 0 Å². The third-order valence-corrected chi connectivity index (χ3v) is 6.40. The number of benzene rings is 2. The van der Waals surface area contributed by atoms with Gasteiger partial charge in [-0.2, -0.15) is 0 Å². The van der Waals surface area contributed by atoms with Gasteiger partial charge in [-0.25, -0.2) is 8.78 Å². The largest absolute Gasteiger partial charge is 0.371 e. The Morgan fingerprint density at radius 3 is 2.56 bits per heavy atom. The Balaban J connectivity index is 1.41. The molecule has 2 aromatic rings. The molecule has 3 unspecified atom stereocenters. The molecule has 5 rings (SSSR count). The number of hydrogen-bond acceptors (Lipinski definition) is 3. The summed E-state index contributed by atoms with van der Waals surface area (Å²) in [5.41, 5.74) is 2.89. The summed E-state index contributed by atoms with van der Waals surface area (Å²) < 4.78 is 28.3. The molecular weight excluding hydrogens is 344 g/mol. The summed E-state index contributed by atoms with van der Waals surface area (Å²) in [5, 5.41) is 0. The zero-order valence-corrected chi connectivity index (χ0v) is 15.4. The molecule has 0 aliphatic carbocycles. The molecule has 0 bridgehead atoms. The van der Waals surface area contributed by atoms with E-state index in [9.17, 15) is 8.78 Å². The molecule has 140 valence electrons. The van der Waals surface area contributed by atoms with Crippen LogP contribution in [0.5, 0.6) is 0 Å². The van der Waals surface area contributed by atoms with E-state index in [1.54, 1.807) is 18.2 Å². The van der Waals surface area contributed by atoms with Crippen LogP contribution in [0.15, 0.2) is 47.5 Å². The Morgan fingerprint density at radius 1 is 1.00 bits per heavy atom. The van der Waals surface area contributed by atoms with Crippen molar-refractivity contribution < 1.29 is 8.78 Å². The molecule has 0 saturated carbocycles. The summed E-state index contributed by atoms with van der Waals surface area (Å²) in [6.45, 7) is 3.82. The van der Waals surface area contributed by atoms with E-state index >= 15 is 0 Å². The van der Waals surface area contributed by atoms with E-state index in [4.69, 9.17) is 0 Å². The molecule has 1 fully saturated rings. The van der Waals surface area contributed by atoms with Crippen LogP contribution in [0.2, 0.25) is 0 Å². The Bertz CT molecular complexity index is 889. The van der Waals surface area contributed by atoms with Crippen molar-refractivity contribution in [2.45, 2.75) is 37.9 Å². The summed E-state index contributed by atoms with van der Waals surface area (Å²) in [7, 11) is 0. The third-order valence-electron chi connectivity index (χ3n) is 6.40. The molecule has 27 heavy (non-hydrogen) atoms. The Kier molecular flexibility index (Phi) is 3.92. The highest BCUT2D eigenvalue weighted by Gasteiger charge is 2.47. The fourth-order valence-corrected chi connectivity index (χ4v) is 5.15. The van der Waals surface area contributed by atoms with Crippen LogP contribution in [-0.2, 0) is 0 Å². The molecule has 0 aromatic heterocycles. The Hall–Kier alpha value is -2.43. The van der Waals surface area contributed by atoms with Crippen molar-refractivity contribution in [1.29, 1.82) is 0 Å². The maximum atomic E-state index is 14.8. The summed E-state index contributed by atoms with van der Waals surface area (Å²) in [6, 6.07) is 12.6. The normalized spacial score (nSPS) is 27.1. The van der Waals surface area contributed by atoms with Gasteiger partial charge in [0.15, 0.2) is 0 Å².